The standard InChI is InChI=1S/C6HCl5O.C4H7NO4.C4H4S.C2H4O2/c7-1-2(8)4(10)6(12)5(11)3(1)9;5-2(4(8)9)1-3(6)7;1-2-4-5-3-1;1-2(3)4/h12H;2H,1,5H2,(H,6,7)(H,8,9);1-4H;1H3,(H,3,4)/p+1. The van der Waals surface area contributed by atoms with Crippen molar-refractivity contribution in [1.29, 1.82) is 0 Å². The first-order valence-corrected chi connectivity index (χ1v) is 10.1. The van der Waals surface area contributed by atoms with Gasteiger partial charge in [-0.25, -0.2) is 0 Å². The monoisotopic (exact) mass is 542 g/mol. The Morgan fingerprint density at radius 1 is 0.933 bits per heavy atom. The van der Waals surface area contributed by atoms with Gasteiger partial charge in [-0.1, -0.05) is 70.1 Å². The largest absolute Gasteiger partial charge is 1.00 e. The highest BCUT2D eigenvalue weighted by atomic mass is 35.5. The molecule has 1 aromatic heterocycles. The summed E-state index contributed by atoms with van der Waals surface area (Å²) in [7, 11) is 0. The van der Waals surface area contributed by atoms with Gasteiger partial charge in [-0.05, 0) is 10.8 Å². The topological polar surface area (TPSA) is 158 Å². The average Bonchev–Trinajstić information content (AvgIpc) is 3.23. The van der Waals surface area contributed by atoms with Crippen molar-refractivity contribution in [3.8, 4) is 5.75 Å². The molecule has 0 aliphatic carbocycles. The molecular weight excluding hydrogens is 528 g/mol. The summed E-state index contributed by atoms with van der Waals surface area (Å²) >= 11 is 29.6. The average molecular weight is 545 g/mol. The van der Waals surface area contributed by atoms with E-state index in [1.807, 2.05) is 22.9 Å². The van der Waals surface area contributed by atoms with Gasteiger partial charge in [0.2, 0.25) is 0 Å². The van der Waals surface area contributed by atoms with Crippen molar-refractivity contribution < 1.29 is 36.2 Å². The van der Waals surface area contributed by atoms with Gasteiger partial charge in [0.25, 0.3) is 5.97 Å². The summed E-state index contributed by atoms with van der Waals surface area (Å²) in [6.45, 7) is 1.08. The van der Waals surface area contributed by atoms with E-state index in [4.69, 9.17) is 83.9 Å². The van der Waals surface area contributed by atoms with Crippen LogP contribution in [0.4, 0.5) is 0 Å². The predicted octanol–water partition coefficient (Wildman–Crippen LogP) is 5.48. The molecule has 1 atom stereocenters. The minimum absolute atomic E-state index is 0. The van der Waals surface area contributed by atoms with Gasteiger partial charge in [-0.3, -0.25) is 14.4 Å². The lowest BCUT2D eigenvalue weighted by molar-refractivity contribution is -0.144. The number of benzene rings is 1. The van der Waals surface area contributed by atoms with Crippen LogP contribution in [0.2, 0.25) is 25.1 Å². The number of phenols is 1. The third-order valence-corrected chi connectivity index (χ3v) is 5.21. The van der Waals surface area contributed by atoms with E-state index in [2.05, 4.69) is 0 Å². The Morgan fingerprint density at radius 3 is 1.47 bits per heavy atom. The Balaban J connectivity index is -0.000000364. The number of hydrogen-bond donors (Lipinski definition) is 5. The summed E-state index contributed by atoms with van der Waals surface area (Å²) in [6.07, 6.45) is -0.532. The van der Waals surface area contributed by atoms with E-state index in [1.54, 1.807) is 11.3 Å². The number of rotatable bonds is 3. The van der Waals surface area contributed by atoms with Gasteiger partial charge in [0, 0.05) is 6.92 Å². The number of nitrogens with two attached hydrogens (primary N) is 1. The van der Waals surface area contributed by atoms with E-state index >= 15 is 0 Å². The van der Waals surface area contributed by atoms with Crippen LogP contribution in [-0.4, -0.2) is 44.4 Å². The van der Waals surface area contributed by atoms with Crippen molar-refractivity contribution in [1.82, 2.24) is 0 Å². The summed E-state index contributed by atoms with van der Waals surface area (Å²) in [5.41, 5.74) is 4.84. The van der Waals surface area contributed by atoms with Crippen LogP contribution >= 0.6 is 69.3 Å². The van der Waals surface area contributed by atoms with Gasteiger partial charge in [0.1, 0.15) is 16.1 Å². The number of phenolic OH excluding ortho intramolecular Hbond substituents is 1. The summed E-state index contributed by atoms with van der Waals surface area (Å²) in [6, 6.07) is 2.75. The minimum Gasteiger partial charge on any atom is -0.505 e. The van der Waals surface area contributed by atoms with Gasteiger partial charge in [0.15, 0.2) is 5.75 Å². The fourth-order valence-corrected chi connectivity index (χ4v) is 2.68. The molecule has 0 saturated heterocycles. The van der Waals surface area contributed by atoms with Gasteiger partial charge in [0.05, 0.1) is 21.5 Å². The molecule has 1 aromatic carbocycles. The molecule has 0 radical (unpaired) electrons. The van der Waals surface area contributed by atoms with Crippen LogP contribution in [0.25, 0.3) is 0 Å². The summed E-state index contributed by atoms with van der Waals surface area (Å²) in [5, 5.41) is 36.5. The van der Waals surface area contributed by atoms with Crippen LogP contribution < -0.4 is 5.73 Å². The molecule has 0 aliphatic heterocycles. The minimum atomic E-state index is -1.29. The number of carboxylic acid groups (broad SMARTS) is 3. The van der Waals surface area contributed by atoms with Crippen LogP contribution in [-0.2, 0) is 14.4 Å². The highest BCUT2D eigenvalue weighted by Crippen LogP contribution is 2.47. The fraction of sp³-hybridized carbons (Fsp3) is 0.188. The van der Waals surface area contributed by atoms with Crippen LogP contribution in [0.15, 0.2) is 22.9 Å². The number of carbonyl (C=O) groups is 3. The van der Waals surface area contributed by atoms with E-state index in [0.717, 1.165) is 6.92 Å². The molecule has 0 aliphatic rings. The maximum Gasteiger partial charge on any atom is 1.00 e. The number of aliphatic carboxylic acids is 3. The van der Waals surface area contributed by atoms with E-state index in [1.165, 1.54) is 0 Å². The second-order valence-electron chi connectivity index (χ2n) is 4.77. The first-order valence-electron chi connectivity index (χ1n) is 7.31. The molecule has 1 unspecified atom stereocenters. The van der Waals surface area contributed by atoms with Crippen molar-refractivity contribution in [3.63, 3.8) is 0 Å². The SMILES string of the molecule is CC(=O)O.NC(CC(=O)O)C(=O)O.Oc1c(Cl)c(Cl)c(Cl)c(Cl)c1Cl.[H+].c1ccsc1. The highest BCUT2D eigenvalue weighted by Gasteiger charge is 2.18. The normalized spacial score (nSPS) is 10.1. The van der Waals surface area contributed by atoms with Crippen LogP contribution in [0.5, 0.6) is 5.75 Å². The summed E-state index contributed by atoms with van der Waals surface area (Å²) in [4.78, 5) is 28.6. The van der Waals surface area contributed by atoms with Gasteiger partial charge in [-0.15, -0.1) is 0 Å². The number of hydrogen-bond acceptors (Lipinski definition) is 6. The zero-order valence-electron chi connectivity index (χ0n) is 16.0. The van der Waals surface area contributed by atoms with Crippen molar-refractivity contribution in [3.05, 3.63) is 48.0 Å². The molecule has 168 valence electrons. The Hall–Kier alpha value is -1.46. The van der Waals surface area contributed by atoms with Gasteiger partial charge < -0.3 is 26.2 Å². The molecule has 8 nitrogen and oxygen atoms in total. The quantitative estimate of drug-likeness (QED) is 0.251. The molecule has 2 rings (SSSR count). The number of halogens is 5. The van der Waals surface area contributed by atoms with E-state index in [9.17, 15) is 14.7 Å². The second-order valence-corrected chi connectivity index (χ2v) is 7.48. The maximum absolute atomic E-state index is 9.85. The van der Waals surface area contributed by atoms with Crippen LogP contribution in [0.1, 0.15) is 14.8 Å². The zero-order valence-corrected chi connectivity index (χ0v) is 19.6. The lowest BCUT2D eigenvalue weighted by Gasteiger charge is -2.06. The molecule has 0 bridgehead atoms. The molecular formula is C16H17Cl5NO7S+. The zero-order chi connectivity index (χ0) is 24.0. The Morgan fingerprint density at radius 2 is 1.27 bits per heavy atom. The number of thiophene rings is 1. The smallest absolute Gasteiger partial charge is 0.505 e. The predicted molar refractivity (Wildman–Crippen MR) is 120 cm³/mol. The molecule has 1 heterocycles. The maximum atomic E-state index is 9.85. The first-order chi connectivity index (χ1) is 13.7. The number of aromatic hydroxyl groups is 1. The third-order valence-electron chi connectivity index (χ3n) is 2.32. The van der Waals surface area contributed by atoms with Crippen molar-refractivity contribution in [2.24, 2.45) is 5.73 Å². The molecule has 2 aromatic rings. The van der Waals surface area contributed by atoms with Gasteiger partial charge >= 0.3 is 13.4 Å². The molecule has 6 N–H and O–H groups in total. The van der Waals surface area contributed by atoms with E-state index in [-0.39, 0.29) is 32.3 Å². The Labute approximate surface area is 201 Å². The van der Waals surface area contributed by atoms with E-state index in [0.29, 0.717) is 0 Å². The lowest BCUT2D eigenvalue weighted by Crippen LogP contribution is -2.32. The highest BCUT2D eigenvalue weighted by molar-refractivity contribution is 7.07. The molecule has 0 fully saturated rings. The Kier molecular flexibility index (Phi) is 16.7. The second kappa shape index (κ2) is 16.3. The van der Waals surface area contributed by atoms with Crippen molar-refractivity contribution in [2.75, 3.05) is 0 Å². The fourth-order valence-electron chi connectivity index (χ4n) is 1.10. The first kappa shape index (κ1) is 30.7. The van der Waals surface area contributed by atoms with Crippen molar-refractivity contribution >= 4 is 87.2 Å². The molecule has 14 heteroatoms. The van der Waals surface area contributed by atoms with Crippen LogP contribution in [0.3, 0.4) is 0 Å². The molecule has 30 heavy (non-hydrogen) atoms. The molecule has 0 amide bonds. The van der Waals surface area contributed by atoms with Crippen LogP contribution in [0, 0.1) is 0 Å². The lowest BCUT2D eigenvalue weighted by atomic mass is 10.2. The van der Waals surface area contributed by atoms with Gasteiger partial charge in [-0.2, -0.15) is 11.3 Å². The molecule has 0 spiro atoms. The molecule has 0 saturated carbocycles. The van der Waals surface area contributed by atoms with E-state index < -0.39 is 30.4 Å². The third kappa shape index (κ3) is 13.7. The Bertz CT molecular complexity index is 714. The van der Waals surface area contributed by atoms with Crippen molar-refractivity contribution in [2.45, 2.75) is 19.4 Å². The summed E-state index contributed by atoms with van der Waals surface area (Å²) < 4.78 is 0. The number of carboxylic acids is 3. The summed E-state index contributed by atoms with van der Waals surface area (Å²) in [5.74, 6) is -3.69.